The molecule has 1 amide bonds. The summed E-state index contributed by atoms with van der Waals surface area (Å²) in [6.07, 6.45) is 3.56. The number of piperazine rings is 1. The highest BCUT2D eigenvalue weighted by Crippen LogP contribution is 2.22. The number of hydrogen-bond acceptors (Lipinski definition) is 4. The lowest BCUT2D eigenvalue weighted by Gasteiger charge is -2.34. The molecule has 0 atom stereocenters. The zero-order chi connectivity index (χ0) is 18.6. The van der Waals surface area contributed by atoms with Gasteiger partial charge in [-0.05, 0) is 34.9 Å². The molecule has 27 heavy (non-hydrogen) atoms. The molecule has 0 spiro atoms. The van der Waals surface area contributed by atoms with Crippen molar-refractivity contribution in [3.63, 3.8) is 0 Å². The van der Waals surface area contributed by atoms with Crippen LogP contribution in [0.5, 0.6) is 0 Å². The molecule has 3 aromatic rings. The zero-order valence-electron chi connectivity index (χ0n) is 15.1. The van der Waals surface area contributed by atoms with Gasteiger partial charge in [0, 0.05) is 50.7 Å². The molecule has 138 valence electrons. The third-order valence-electron chi connectivity index (χ3n) is 4.98. The Morgan fingerprint density at radius 3 is 2.48 bits per heavy atom. The molecule has 6 nitrogen and oxygen atoms in total. The van der Waals surface area contributed by atoms with Gasteiger partial charge in [0.1, 0.15) is 0 Å². The molecule has 0 radical (unpaired) electrons. The van der Waals surface area contributed by atoms with Crippen LogP contribution in [-0.4, -0.2) is 47.0 Å². The van der Waals surface area contributed by atoms with Gasteiger partial charge in [-0.3, -0.25) is 4.79 Å². The van der Waals surface area contributed by atoms with Gasteiger partial charge in [0.2, 0.25) is 5.95 Å². The summed E-state index contributed by atoms with van der Waals surface area (Å²) in [7, 11) is 0. The van der Waals surface area contributed by atoms with Gasteiger partial charge < -0.3 is 20.5 Å². The standard InChI is InChI=1S/C21H23N5O/c22-15-16-2-1-3-19(14-16)17-4-6-18(7-5-17)20(27)25-10-12-26(13-11-25)21-23-8-9-24-21/h1-9,14H,10-13,15,22H2,(H,23,24). The number of aromatic nitrogens is 2. The van der Waals surface area contributed by atoms with E-state index in [-0.39, 0.29) is 5.91 Å². The number of nitrogens with one attached hydrogen (secondary N) is 1. The van der Waals surface area contributed by atoms with Gasteiger partial charge in [-0.15, -0.1) is 0 Å². The van der Waals surface area contributed by atoms with E-state index in [1.165, 1.54) is 0 Å². The van der Waals surface area contributed by atoms with Gasteiger partial charge in [-0.2, -0.15) is 0 Å². The number of aromatic amines is 1. The van der Waals surface area contributed by atoms with Crippen LogP contribution in [0.15, 0.2) is 60.9 Å². The van der Waals surface area contributed by atoms with Crippen LogP contribution in [0.4, 0.5) is 5.95 Å². The summed E-state index contributed by atoms with van der Waals surface area (Å²) in [5.41, 5.74) is 9.75. The SMILES string of the molecule is NCc1cccc(-c2ccc(C(=O)N3CCN(c4ncc[nH]4)CC3)cc2)c1. The highest BCUT2D eigenvalue weighted by Gasteiger charge is 2.23. The second-order valence-electron chi connectivity index (χ2n) is 6.67. The molecule has 1 saturated heterocycles. The van der Waals surface area contributed by atoms with Gasteiger partial charge >= 0.3 is 0 Å². The predicted molar refractivity (Wildman–Crippen MR) is 106 cm³/mol. The smallest absolute Gasteiger partial charge is 0.253 e. The molecular formula is C21H23N5O. The largest absolute Gasteiger partial charge is 0.339 e. The topological polar surface area (TPSA) is 78.2 Å². The van der Waals surface area contributed by atoms with Crippen molar-refractivity contribution < 1.29 is 4.79 Å². The predicted octanol–water partition coefficient (Wildman–Crippen LogP) is 2.50. The van der Waals surface area contributed by atoms with Crippen LogP contribution in [-0.2, 0) is 6.54 Å². The molecular weight excluding hydrogens is 338 g/mol. The van der Waals surface area contributed by atoms with Crippen LogP contribution in [0.3, 0.4) is 0 Å². The Balaban J connectivity index is 1.42. The average Bonchev–Trinajstić information content (AvgIpc) is 3.28. The molecule has 1 aromatic heterocycles. The number of carbonyl (C=O) groups excluding carboxylic acids is 1. The second kappa shape index (κ2) is 7.63. The Bertz CT molecular complexity index is 897. The molecule has 0 unspecified atom stereocenters. The molecule has 4 rings (SSSR count). The molecule has 1 aliphatic rings. The first-order valence-electron chi connectivity index (χ1n) is 9.17. The molecule has 0 aliphatic carbocycles. The molecule has 0 bridgehead atoms. The van der Waals surface area contributed by atoms with E-state index in [4.69, 9.17) is 5.73 Å². The molecule has 1 aliphatic heterocycles. The van der Waals surface area contributed by atoms with Gasteiger partial charge in [-0.1, -0.05) is 30.3 Å². The summed E-state index contributed by atoms with van der Waals surface area (Å²) in [5, 5.41) is 0. The maximum atomic E-state index is 12.8. The number of anilines is 1. The Morgan fingerprint density at radius 1 is 1.04 bits per heavy atom. The van der Waals surface area contributed by atoms with Crippen LogP contribution >= 0.6 is 0 Å². The zero-order valence-corrected chi connectivity index (χ0v) is 15.1. The summed E-state index contributed by atoms with van der Waals surface area (Å²) >= 11 is 0. The number of benzene rings is 2. The van der Waals surface area contributed by atoms with Crippen molar-refractivity contribution >= 4 is 11.9 Å². The number of nitrogens with zero attached hydrogens (tertiary/aromatic N) is 3. The summed E-state index contributed by atoms with van der Waals surface area (Å²) < 4.78 is 0. The fraction of sp³-hybridized carbons (Fsp3) is 0.238. The monoisotopic (exact) mass is 361 g/mol. The van der Waals surface area contributed by atoms with Gasteiger partial charge in [0.25, 0.3) is 5.91 Å². The Labute approximate surface area is 158 Å². The summed E-state index contributed by atoms with van der Waals surface area (Å²) in [5.74, 6) is 0.947. The molecule has 2 aromatic carbocycles. The number of nitrogens with two attached hydrogens (primary N) is 1. The van der Waals surface area contributed by atoms with Crippen molar-refractivity contribution in [3.8, 4) is 11.1 Å². The van der Waals surface area contributed by atoms with E-state index in [0.29, 0.717) is 19.6 Å². The first-order valence-corrected chi connectivity index (χ1v) is 9.17. The lowest BCUT2D eigenvalue weighted by Crippen LogP contribution is -2.49. The lowest BCUT2D eigenvalue weighted by molar-refractivity contribution is 0.0746. The fourth-order valence-electron chi connectivity index (χ4n) is 3.42. The van der Waals surface area contributed by atoms with E-state index in [2.05, 4.69) is 27.0 Å². The minimum absolute atomic E-state index is 0.0800. The fourth-order valence-corrected chi connectivity index (χ4v) is 3.42. The van der Waals surface area contributed by atoms with Gasteiger partial charge in [-0.25, -0.2) is 4.98 Å². The minimum Gasteiger partial charge on any atom is -0.339 e. The van der Waals surface area contributed by atoms with E-state index in [1.807, 2.05) is 47.5 Å². The number of hydrogen-bond donors (Lipinski definition) is 2. The van der Waals surface area contributed by atoms with E-state index < -0.39 is 0 Å². The minimum atomic E-state index is 0.0800. The number of H-pyrrole nitrogens is 1. The van der Waals surface area contributed by atoms with Crippen LogP contribution < -0.4 is 10.6 Å². The van der Waals surface area contributed by atoms with Crippen LogP contribution in [0.2, 0.25) is 0 Å². The Morgan fingerprint density at radius 2 is 1.81 bits per heavy atom. The highest BCUT2D eigenvalue weighted by molar-refractivity contribution is 5.94. The average molecular weight is 361 g/mol. The molecule has 3 N–H and O–H groups in total. The first kappa shape index (κ1) is 17.3. The van der Waals surface area contributed by atoms with E-state index in [1.54, 1.807) is 6.20 Å². The highest BCUT2D eigenvalue weighted by atomic mass is 16.2. The number of carbonyl (C=O) groups is 1. The van der Waals surface area contributed by atoms with Crippen molar-refractivity contribution in [2.45, 2.75) is 6.54 Å². The van der Waals surface area contributed by atoms with Crippen molar-refractivity contribution in [3.05, 3.63) is 72.1 Å². The Kier molecular flexibility index (Phi) is 4.89. The third-order valence-corrected chi connectivity index (χ3v) is 4.98. The maximum Gasteiger partial charge on any atom is 0.253 e. The quantitative estimate of drug-likeness (QED) is 0.748. The van der Waals surface area contributed by atoms with Crippen LogP contribution in [0.1, 0.15) is 15.9 Å². The summed E-state index contributed by atoms with van der Waals surface area (Å²) in [6.45, 7) is 3.47. The number of rotatable bonds is 4. The van der Waals surface area contributed by atoms with Gasteiger partial charge in [0.05, 0.1) is 0 Å². The van der Waals surface area contributed by atoms with Crippen molar-refractivity contribution in [2.75, 3.05) is 31.1 Å². The van der Waals surface area contributed by atoms with E-state index >= 15 is 0 Å². The second-order valence-corrected chi connectivity index (χ2v) is 6.67. The Hall–Kier alpha value is -3.12. The normalized spacial score (nSPS) is 14.4. The maximum absolute atomic E-state index is 12.8. The molecule has 2 heterocycles. The van der Waals surface area contributed by atoms with Crippen LogP contribution in [0, 0.1) is 0 Å². The van der Waals surface area contributed by atoms with Crippen molar-refractivity contribution in [2.24, 2.45) is 5.73 Å². The number of imidazole rings is 1. The number of amides is 1. The lowest BCUT2D eigenvalue weighted by atomic mass is 10.0. The van der Waals surface area contributed by atoms with Crippen LogP contribution in [0.25, 0.3) is 11.1 Å². The molecule has 0 saturated carbocycles. The van der Waals surface area contributed by atoms with Gasteiger partial charge in [0.15, 0.2) is 0 Å². The van der Waals surface area contributed by atoms with E-state index in [0.717, 1.165) is 41.3 Å². The summed E-state index contributed by atoms with van der Waals surface area (Å²) in [4.78, 5) is 24.3. The summed E-state index contributed by atoms with van der Waals surface area (Å²) in [6, 6.07) is 16.0. The van der Waals surface area contributed by atoms with Crippen molar-refractivity contribution in [1.82, 2.24) is 14.9 Å². The third kappa shape index (κ3) is 3.71. The van der Waals surface area contributed by atoms with E-state index in [9.17, 15) is 4.79 Å². The van der Waals surface area contributed by atoms with Crippen molar-refractivity contribution in [1.29, 1.82) is 0 Å². The first-order chi connectivity index (χ1) is 13.2. The molecule has 6 heteroatoms. The molecule has 1 fully saturated rings.